The molecule has 5 rings (SSSR count). The number of para-hydroxylation sites is 1. The number of allylic oxidation sites excluding steroid dienone is 2. The van der Waals surface area contributed by atoms with Crippen LogP contribution in [0.3, 0.4) is 0 Å². The van der Waals surface area contributed by atoms with E-state index in [2.05, 4.69) is 19.2 Å². The first-order valence-corrected chi connectivity index (χ1v) is 10.7. The van der Waals surface area contributed by atoms with Gasteiger partial charge in [-0.15, -0.1) is 0 Å². The lowest BCUT2D eigenvalue weighted by Crippen LogP contribution is -2.34. The fraction of sp³-hybridized carbons (Fsp3) is 0.280. The highest BCUT2D eigenvalue weighted by molar-refractivity contribution is 6.30. The maximum Gasteiger partial charge on any atom is 0.162 e. The van der Waals surface area contributed by atoms with Crippen LogP contribution in [-0.2, 0) is 4.79 Å². The average molecular weight is 418 g/mol. The Morgan fingerprint density at radius 3 is 2.47 bits per heavy atom. The summed E-state index contributed by atoms with van der Waals surface area (Å²) < 4.78 is 1.96. The van der Waals surface area contributed by atoms with Gasteiger partial charge in [-0.3, -0.25) is 4.79 Å². The van der Waals surface area contributed by atoms with E-state index in [1.54, 1.807) is 0 Å². The summed E-state index contributed by atoms with van der Waals surface area (Å²) >= 11 is 6.16. The first-order valence-electron chi connectivity index (χ1n) is 10.3. The molecule has 0 saturated carbocycles. The van der Waals surface area contributed by atoms with E-state index in [0.29, 0.717) is 11.4 Å². The third-order valence-electron chi connectivity index (χ3n) is 6.08. The van der Waals surface area contributed by atoms with Crippen LogP contribution in [0.25, 0.3) is 5.69 Å². The number of nitrogens with one attached hydrogen (secondary N) is 1. The molecule has 1 atom stereocenters. The molecule has 1 aliphatic heterocycles. The van der Waals surface area contributed by atoms with Crippen LogP contribution in [-0.4, -0.2) is 15.6 Å². The normalized spacial score (nSPS) is 19.9. The van der Waals surface area contributed by atoms with Gasteiger partial charge in [-0.2, -0.15) is 5.10 Å². The molecule has 0 bridgehead atoms. The highest BCUT2D eigenvalue weighted by Crippen LogP contribution is 2.50. The molecule has 0 radical (unpaired) electrons. The lowest BCUT2D eigenvalue weighted by Gasteiger charge is -2.38. The van der Waals surface area contributed by atoms with E-state index >= 15 is 0 Å². The van der Waals surface area contributed by atoms with Crippen molar-refractivity contribution >= 4 is 23.2 Å². The molecule has 1 aromatic heterocycles. The Bertz CT molecular complexity index is 1170. The number of Topliss-reactive ketones (excluding diaryl/α,β-unsaturated/α-hetero) is 1. The van der Waals surface area contributed by atoms with E-state index < -0.39 is 0 Å². The van der Waals surface area contributed by atoms with Crippen LogP contribution < -0.4 is 5.32 Å². The number of anilines is 1. The lowest BCUT2D eigenvalue weighted by atomic mass is 9.69. The zero-order valence-electron chi connectivity index (χ0n) is 17.4. The number of halogens is 1. The van der Waals surface area contributed by atoms with E-state index in [1.807, 2.05) is 66.2 Å². The van der Waals surface area contributed by atoms with Gasteiger partial charge in [-0.25, -0.2) is 4.68 Å². The number of carbonyl (C=O) groups is 1. The molecule has 4 nitrogen and oxygen atoms in total. The molecule has 0 spiro atoms. The van der Waals surface area contributed by atoms with Crippen molar-refractivity contribution in [2.45, 2.75) is 39.5 Å². The Hall–Kier alpha value is -2.85. The molecule has 1 N–H and O–H groups in total. The summed E-state index contributed by atoms with van der Waals surface area (Å²) in [4.78, 5) is 13.3. The number of hydrogen-bond donors (Lipinski definition) is 1. The molecule has 1 aliphatic carbocycles. The smallest absolute Gasteiger partial charge is 0.162 e. The zero-order valence-corrected chi connectivity index (χ0v) is 18.1. The molecule has 2 aromatic carbocycles. The highest BCUT2D eigenvalue weighted by Gasteiger charge is 2.42. The van der Waals surface area contributed by atoms with E-state index in [0.717, 1.165) is 46.0 Å². The number of carbonyl (C=O) groups excluding carboxylic acids is 1. The minimum atomic E-state index is -0.144. The predicted molar refractivity (Wildman–Crippen MR) is 120 cm³/mol. The second-order valence-electron chi connectivity index (χ2n) is 9.04. The molecule has 2 heterocycles. The summed E-state index contributed by atoms with van der Waals surface area (Å²) in [5.74, 6) is 1.02. The van der Waals surface area contributed by atoms with Crippen LogP contribution in [0.2, 0.25) is 5.02 Å². The number of fused-ring (bicyclic) bond motifs is 1. The number of aryl methyl sites for hydroxylation is 1. The molecule has 30 heavy (non-hydrogen) atoms. The number of benzene rings is 2. The standard InChI is InChI=1S/C25H24ClN3O/c1-15-21-22(16-9-11-17(26)12-10-16)23-19(13-25(2,3)14-20(23)30)27-24(21)29(28-15)18-7-5-4-6-8-18/h4-12,22,27H,13-14H2,1-3H3/t22-/m1/s1. The van der Waals surface area contributed by atoms with Crippen LogP contribution in [0.1, 0.15) is 49.4 Å². The van der Waals surface area contributed by atoms with Gasteiger partial charge >= 0.3 is 0 Å². The highest BCUT2D eigenvalue weighted by atomic mass is 35.5. The molecule has 0 fully saturated rings. The number of rotatable bonds is 2. The largest absolute Gasteiger partial charge is 0.343 e. The average Bonchev–Trinajstić information content (AvgIpc) is 3.03. The fourth-order valence-corrected chi connectivity index (χ4v) is 4.94. The van der Waals surface area contributed by atoms with E-state index in [4.69, 9.17) is 16.7 Å². The van der Waals surface area contributed by atoms with Crippen molar-refractivity contribution in [1.29, 1.82) is 0 Å². The Morgan fingerprint density at radius 1 is 1.07 bits per heavy atom. The first-order chi connectivity index (χ1) is 14.3. The SMILES string of the molecule is Cc1nn(-c2ccccc2)c2c1[C@@H](c1ccc(Cl)cc1)C1=C(CC(C)(C)CC1=O)N2. The maximum absolute atomic E-state index is 13.3. The predicted octanol–water partition coefficient (Wildman–Crippen LogP) is 6.03. The molecule has 3 aromatic rings. The number of ketones is 1. The Morgan fingerprint density at radius 2 is 1.77 bits per heavy atom. The Kier molecular flexibility index (Phi) is 4.37. The van der Waals surface area contributed by atoms with Gasteiger partial charge in [-0.1, -0.05) is 55.8 Å². The summed E-state index contributed by atoms with van der Waals surface area (Å²) in [7, 11) is 0. The van der Waals surface area contributed by atoms with Crippen molar-refractivity contribution in [2.75, 3.05) is 5.32 Å². The van der Waals surface area contributed by atoms with Gasteiger partial charge in [-0.05, 0) is 48.6 Å². The third kappa shape index (κ3) is 3.07. The minimum absolute atomic E-state index is 0.0718. The fourth-order valence-electron chi connectivity index (χ4n) is 4.82. The van der Waals surface area contributed by atoms with Crippen molar-refractivity contribution in [3.63, 3.8) is 0 Å². The van der Waals surface area contributed by atoms with Crippen LogP contribution in [0, 0.1) is 12.3 Å². The lowest BCUT2D eigenvalue weighted by molar-refractivity contribution is -0.118. The Balaban J connectivity index is 1.76. The second kappa shape index (κ2) is 6.85. The van der Waals surface area contributed by atoms with Crippen molar-refractivity contribution < 1.29 is 4.79 Å². The molecule has 0 amide bonds. The van der Waals surface area contributed by atoms with Crippen LogP contribution in [0.15, 0.2) is 65.9 Å². The van der Waals surface area contributed by atoms with Crippen LogP contribution in [0.5, 0.6) is 0 Å². The molecule has 5 heteroatoms. The van der Waals surface area contributed by atoms with Gasteiger partial charge in [0.25, 0.3) is 0 Å². The zero-order chi connectivity index (χ0) is 21.0. The summed E-state index contributed by atoms with van der Waals surface area (Å²) in [6.45, 7) is 6.33. The topological polar surface area (TPSA) is 46.9 Å². The molecular formula is C25H24ClN3O. The molecule has 0 saturated heterocycles. The summed E-state index contributed by atoms with van der Waals surface area (Å²) in [6.07, 6.45) is 1.38. The molecule has 0 unspecified atom stereocenters. The van der Waals surface area contributed by atoms with Crippen molar-refractivity contribution in [1.82, 2.24) is 9.78 Å². The van der Waals surface area contributed by atoms with Crippen LogP contribution >= 0.6 is 11.6 Å². The van der Waals surface area contributed by atoms with Gasteiger partial charge in [0.1, 0.15) is 5.82 Å². The van der Waals surface area contributed by atoms with Gasteiger partial charge in [0, 0.05) is 34.2 Å². The van der Waals surface area contributed by atoms with E-state index in [9.17, 15) is 4.79 Å². The number of aromatic nitrogens is 2. The van der Waals surface area contributed by atoms with Gasteiger partial charge < -0.3 is 5.32 Å². The summed E-state index contributed by atoms with van der Waals surface area (Å²) in [5.41, 5.74) is 5.87. The van der Waals surface area contributed by atoms with E-state index in [1.165, 1.54) is 0 Å². The van der Waals surface area contributed by atoms with Crippen LogP contribution in [0.4, 0.5) is 5.82 Å². The molecular weight excluding hydrogens is 394 g/mol. The van der Waals surface area contributed by atoms with E-state index in [-0.39, 0.29) is 17.1 Å². The molecule has 152 valence electrons. The maximum atomic E-state index is 13.3. The van der Waals surface area contributed by atoms with Crippen molar-refractivity contribution in [3.05, 3.63) is 87.7 Å². The summed E-state index contributed by atoms with van der Waals surface area (Å²) in [5, 5.41) is 9.17. The van der Waals surface area contributed by atoms with Gasteiger partial charge in [0.05, 0.1) is 11.4 Å². The van der Waals surface area contributed by atoms with Gasteiger partial charge in [0.15, 0.2) is 5.78 Å². The minimum Gasteiger partial charge on any atom is -0.343 e. The first kappa shape index (κ1) is 19.1. The number of hydrogen-bond acceptors (Lipinski definition) is 3. The monoisotopic (exact) mass is 417 g/mol. The third-order valence-corrected chi connectivity index (χ3v) is 6.33. The second-order valence-corrected chi connectivity index (χ2v) is 9.47. The number of nitrogens with zero attached hydrogens (tertiary/aromatic N) is 2. The quantitative estimate of drug-likeness (QED) is 0.553. The van der Waals surface area contributed by atoms with Crippen molar-refractivity contribution in [2.24, 2.45) is 5.41 Å². The Labute approximate surface area is 181 Å². The molecule has 2 aliphatic rings. The van der Waals surface area contributed by atoms with Gasteiger partial charge in [0.2, 0.25) is 0 Å². The van der Waals surface area contributed by atoms with Crippen molar-refractivity contribution in [3.8, 4) is 5.69 Å². The summed E-state index contributed by atoms with van der Waals surface area (Å²) in [6, 6.07) is 18.0.